The molecule has 0 bridgehead atoms. The van der Waals surface area contributed by atoms with Gasteiger partial charge in [-0.2, -0.15) is 5.10 Å². The Bertz CT molecular complexity index is 677. The lowest BCUT2D eigenvalue weighted by molar-refractivity contribution is 0.220. The van der Waals surface area contributed by atoms with Crippen molar-refractivity contribution >= 4 is 9.84 Å². The molecule has 0 fully saturated rings. The molecule has 6 heteroatoms. The SMILES string of the molecule is CCn1cc(C(O)c2cccc(S(C)(=O)=O)c2)cn1. The van der Waals surface area contributed by atoms with E-state index in [2.05, 4.69) is 5.10 Å². The van der Waals surface area contributed by atoms with Gasteiger partial charge in [-0.3, -0.25) is 4.68 Å². The summed E-state index contributed by atoms with van der Waals surface area (Å²) in [5.74, 6) is 0. The Kier molecular flexibility index (Phi) is 3.73. The summed E-state index contributed by atoms with van der Waals surface area (Å²) in [6, 6.07) is 6.33. The molecule has 1 N–H and O–H groups in total. The first-order valence-corrected chi connectivity index (χ1v) is 7.81. The molecule has 5 nitrogen and oxygen atoms in total. The number of rotatable bonds is 4. The molecule has 0 saturated carbocycles. The van der Waals surface area contributed by atoms with Crippen molar-refractivity contribution in [2.24, 2.45) is 0 Å². The van der Waals surface area contributed by atoms with E-state index < -0.39 is 15.9 Å². The second-order valence-corrected chi connectivity index (χ2v) is 6.39. The fourth-order valence-electron chi connectivity index (χ4n) is 1.80. The highest BCUT2D eigenvalue weighted by atomic mass is 32.2. The maximum absolute atomic E-state index is 11.5. The molecule has 1 aromatic carbocycles. The van der Waals surface area contributed by atoms with E-state index in [0.29, 0.717) is 11.1 Å². The number of aromatic nitrogens is 2. The number of aliphatic hydroxyl groups is 1. The van der Waals surface area contributed by atoms with Crippen LogP contribution in [0.3, 0.4) is 0 Å². The van der Waals surface area contributed by atoms with Crippen LogP contribution < -0.4 is 0 Å². The van der Waals surface area contributed by atoms with Gasteiger partial charge in [0.25, 0.3) is 0 Å². The highest BCUT2D eigenvalue weighted by Gasteiger charge is 2.15. The van der Waals surface area contributed by atoms with E-state index in [0.717, 1.165) is 12.8 Å². The first-order chi connectivity index (χ1) is 8.91. The Hall–Kier alpha value is -1.66. The van der Waals surface area contributed by atoms with Gasteiger partial charge >= 0.3 is 0 Å². The van der Waals surface area contributed by atoms with E-state index >= 15 is 0 Å². The van der Waals surface area contributed by atoms with Crippen LogP contribution in [0.4, 0.5) is 0 Å². The molecule has 1 heterocycles. The molecular formula is C13H16N2O3S. The molecule has 1 atom stereocenters. The number of benzene rings is 1. The smallest absolute Gasteiger partial charge is 0.175 e. The average molecular weight is 280 g/mol. The third-order valence-electron chi connectivity index (χ3n) is 2.89. The first kappa shape index (κ1) is 13.8. The summed E-state index contributed by atoms with van der Waals surface area (Å²) in [5, 5.41) is 14.3. The van der Waals surface area contributed by atoms with Crippen LogP contribution in [0, 0.1) is 0 Å². The van der Waals surface area contributed by atoms with Gasteiger partial charge in [-0.15, -0.1) is 0 Å². The van der Waals surface area contributed by atoms with E-state index in [1.54, 1.807) is 29.2 Å². The van der Waals surface area contributed by atoms with Gasteiger partial charge in [0.2, 0.25) is 0 Å². The Balaban J connectivity index is 2.36. The third-order valence-corrected chi connectivity index (χ3v) is 4.01. The van der Waals surface area contributed by atoms with Gasteiger partial charge in [-0.05, 0) is 24.6 Å². The van der Waals surface area contributed by atoms with Gasteiger partial charge in [-0.1, -0.05) is 12.1 Å². The molecule has 0 aliphatic carbocycles. The summed E-state index contributed by atoms with van der Waals surface area (Å²) in [5.41, 5.74) is 1.19. The number of aryl methyl sites for hydroxylation is 1. The lowest BCUT2D eigenvalue weighted by Crippen LogP contribution is -2.02. The molecule has 1 unspecified atom stereocenters. The molecule has 19 heavy (non-hydrogen) atoms. The highest BCUT2D eigenvalue weighted by molar-refractivity contribution is 7.90. The van der Waals surface area contributed by atoms with Crippen LogP contribution in [0.2, 0.25) is 0 Å². The molecule has 0 radical (unpaired) electrons. The van der Waals surface area contributed by atoms with E-state index in [9.17, 15) is 13.5 Å². The van der Waals surface area contributed by atoms with Crippen molar-refractivity contribution in [3.63, 3.8) is 0 Å². The van der Waals surface area contributed by atoms with Gasteiger partial charge in [0.1, 0.15) is 6.10 Å². The van der Waals surface area contributed by atoms with Crippen molar-refractivity contribution < 1.29 is 13.5 Å². The van der Waals surface area contributed by atoms with Crippen molar-refractivity contribution in [3.8, 4) is 0 Å². The minimum Gasteiger partial charge on any atom is -0.384 e. The topological polar surface area (TPSA) is 72.2 Å². The Morgan fingerprint density at radius 1 is 1.37 bits per heavy atom. The lowest BCUT2D eigenvalue weighted by atomic mass is 10.1. The van der Waals surface area contributed by atoms with E-state index in [-0.39, 0.29) is 4.90 Å². The zero-order valence-electron chi connectivity index (χ0n) is 10.8. The second-order valence-electron chi connectivity index (χ2n) is 4.38. The van der Waals surface area contributed by atoms with Gasteiger partial charge in [0.05, 0.1) is 11.1 Å². The van der Waals surface area contributed by atoms with Crippen LogP contribution >= 0.6 is 0 Å². The summed E-state index contributed by atoms with van der Waals surface area (Å²) in [6.45, 7) is 2.67. The van der Waals surface area contributed by atoms with Gasteiger partial charge < -0.3 is 5.11 Å². The molecule has 0 aliphatic rings. The maximum atomic E-state index is 11.5. The fourth-order valence-corrected chi connectivity index (χ4v) is 2.48. The molecule has 2 aromatic rings. The standard InChI is InChI=1S/C13H16N2O3S/c1-3-15-9-11(8-14-15)13(16)10-5-4-6-12(7-10)19(2,17)18/h4-9,13,16H,3H2,1-2H3. The van der Waals surface area contributed by atoms with Crippen molar-refractivity contribution in [1.82, 2.24) is 9.78 Å². The maximum Gasteiger partial charge on any atom is 0.175 e. The predicted molar refractivity (Wildman–Crippen MR) is 71.5 cm³/mol. The summed E-state index contributed by atoms with van der Waals surface area (Å²) in [6.07, 6.45) is 3.61. The number of nitrogens with zero attached hydrogens (tertiary/aromatic N) is 2. The lowest BCUT2D eigenvalue weighted by Gasteiger charge is -2.10. The van der Waals surface area contributed by atoms with Crippen LogP contribution in [0.1, 0.15) is 24.2 Å². The van der Waals surface area contributed by atoms with E-state index in [1.165, 1.54) is 12.1 Å². The highest BCUT2D eigenvalue weighted by Crippen LogP contribution is 2.23. The van der Waals surface area contributed by atoms with Crippen LogP contribution in [-0.2, 0) is 16.4 Å². The summed E-state index contributed by atoms with van der Waals surface area (Å²) in [4.78, 5) is 0.201. The van der Waals surface area contributed by atoms with Crippen molar-refractivity contribution in [2.45, 2.75) is 24.5 Å². The van der Waals surface area contributed by atoms with Gasteiger partial charge in [0.15, 0.2) is 9.84 Å². The molecule has 0 aliphatic heterocycles. The summed E-state index contributed by atoms with van der Waals surface area (Å²) < 4.78 is 24.7. The van der Waals surface area contributed by atoms with E-state index in [4.69, 9.17) is 0 Å². The average Bonchev–Trinajstić information content (AvgIpc) is 2.86. The van der Waals surface area contributed by atoms with Gasteiger partial charge in [0, 0.05) is 24.6 Å². The van der Waals surface area contributed by atoms with Crippen LogP contribution in [-0.4, -0.2) is 29.6 Å². The van der Waals surface area contributed by atoms with E-state index in [1.807, 2.05) is 6.92 Å². The Morgan fingerprint density at radius 3 is 2.68 bits per heavy atom. The molecule has 0 saturated heterocycles. The quantitative estimate of drug-likeness (QED) is 0.918. The summed E-state index contributed by atoms with van der Waals surface area (Å²) >= 11 is 0. The zero-order chi connectivity index (χ0) is 14.0. The molecule has 102 valence electrons. The zero-order valence-corrected chi connectivity index (χ0v) is 11.6. The minimum atomic E-state index is -3.27. The summed E-state index contributed by atoms with van der Waals surface area (Å²) in [7, 11) is -3.27. The number of hydrogen-bond donors (Lipinski definition) is 1. The Labute approximate surface area is 112 Å². The normalized spacial score (nSPS) is 13.4. The number of sulfone groups is 1. The van der Waals surface area contributed by atoms with Crippen LogP contribution in [0.5, 0.6) is 0 Å². The largest absolute Gasteiger partial charge is 0.384 e. The molecule has 0 spiro atoms. The first-order valence-electron chi connectivity index (χ1n) is 5.92. The molecule has 0 amide bonds. The van der Waals surface area contributed by atoms with Crippen LogP contribution in [0.15, 0.2) is 41.6 Å². The third kappa shape index (κ3) is 3.02. The molecule has 1 aromatic heterocycles. The molecule has 2 rings (SSSR count). The van der Waals surface area contributed by atoms with Crippen molar-refractivity contribution in [3.05, 3.63) is 47.8 Å². The number of hydrogen-bond acceptors (Lipinski definition) is 4. The number of aliphatic hydroxyl groups excluding tert-OH is 1. The monoisotopic (exact) mass is 280 g/mol. The Morgan fingerprint density at radius 2 is 2.11 bits per heavy atom. The van der Waals surface area contributed by atoms with Crippen LogP contribution in [0.25, 0.3) is 0 Å². The second kappa shape index (κ2) is 5.14. The molecular weight excluding hydrogens is 264 g/mol. The van der Waals surface area contributed by atoms with Gasteiger partial charge in [-0.25, -0.2) is 8.42 Å². The fraction of sp³-hybridized carbons (Fsp3) is 0.308. The minimum absolute atomic E-state index is 0.201. The van der Waals surface area contributed by atoms with Crippen molar-refractivity contribution in [2.75, 3.05) is 6.26 Å². The van der Waals surface area contributed by atoms with Crippen molar-refractivity contribution in [1.29, 1.82) is 0 Å². The predicted octanol–water partition coefficient (Wildman–Crippen LogP) is 1.39.